The van der Waals surface area contributed by atoms with Crippen molar-refractivity contribution in [1.82, 2.24) is 5.32 Å². The van der Waals surface area contributed by atoms with Crippen LogP contribution in [0.25, 0.3) is 0 Å². The van der Waals surface area contributed by atoms with E-state index in [-0.39, 0.29) is 6.04 Å². The summed E-state index contributed by atoms with van der Waals surface area (Å²) in [7, 11) is 0. The first-order chi connectivity index (χ1) is 9.78. The van der Waals surface area contributed by atoms with Gasteiger partial charge in [0.05, 0.1) is 11.6 Å². The monoisotopic (exact) mass is 291 g/mol. The quantitative estimate of drug-likeness (QED) is 0.876. The van der Waals surface area contributed by atoms with Crippen molar-refractivity contribution in [3.63, 3.8) is 0 Å². The summed E-state index contributed by atoms with van der Waals surface area (Å²) in [6.07, 6.45) is 1.89. The maximum Gasteiger partial charge on any atom is 0.408 e. The first-order valence-corrected chi connectivity index (χ1v) is 7.12. The Morgan fingerprint density at radius 2 is 2.05 bits per heavy atom. The van der Waals surface area contributed by atoms with Gasteiger partial charge in [-0.1, -0.05) is 12.1 Å². The van der Waals surface area contributed by atoms with E-state index >= 15 is 0 Å². The molecule has 2 N–H and O–H groups in total. The third-order valence-corrected chi connectivity index (χ3v) is 3.43. The standard InChI is InChI=1S/C16H21NO4/c1-16(2,3)21-15(20)17-13-9-5-6-10-11(13)7-4-8-12(10)14(18)19/h4,7-8,13H,5-6,9H2,1-3H3,(H,17,20)(H,18,19). The van der Waals surface area contributed by atoms with Gasteiger partial charge in [0.25, 0.3) is 0 Å². The Morgan fingerprint density at radius 3 is 2.67 bits per heavy atom. The smallest absolute Gasteiger partial charge is 0.408 e. The Bertz CT molecular complexity index is 560. The van der Waals surface area contributed by atoms with Crippen LogP contribution in [-0.2, 0) is 11.2 Å². The molecule has 114 valence electrons. The topological polar surface area (TPSA) is 75.6 Å². The summed E-state index contributed by atoms with van der Waals surface area (Å²) < 4.78 is 5.27. The summed E-state index contributed by atoms with van der Waals surface area (Å²) in [5.41, 5.74) is 1.47. The number of alkyl carbamates (subject to hydrolysis) is 1. The van der Waals surface area contributed by atoms with Crippen LogP contribution in [-0.4, -0.2) is 22.8 Å². The fourth-order valence-electron chi connectivity index (χ4n) is 2.65. The third-order valence-electron chi connectivity index (χ3n) is 3.43. The molecular formula is C16H21NO4. The summed E-state index contributed by atoms with van der Waals surface area (Å²) in [5.74, 6) is -0.926. The summed E-state index contributed by atoms with van der Waals surface area (Å²) in [6, 6.07) is 5.01. The van der Waals surface area contributed by atoms with E-state index in [0.717, 1.165) is 30.4 Å². The Kier molecular flexibility index (Phi) is 4.21. The summed E-state index contributed by atoms with van der Waals surface area (Å²) >= 11 is 0. The summed E-state index contributed by atoms with van der Waals surface area (Å²) in [6.45, 7) is 5.43. The number of carbonyl (C=O) groups excluding carboxylic acids is 1. The van der Waals surface area contributed by atoms with Gasteiger partial charge in [-0.05, 0) is 57.2 Å². The van der Waals surface area contributed by atoms with E-state index in [0.29, 0.717) is 5.56 Å². The van der Waals surface area contributed by atoms with Crippen LogP contribution >= 0.6 is 0 Å². The number of carbonyl (C=O) groups is 2. The highest BCUT2D eigenvalue weighted by molar-refractivity contribution is 5.90. The number of aromatic carboxylic acids is 1. The van der Waals surface area contributed by atoms with Gasteiger partial charge in [0.15, 0.2) is 0 Å². The van der Waals surface area contributed by atoms with Crippen LogP contribution in [0.3, 0.4) is 0 Å². The Labute approximate surface area is 124 Å². The molecule has 1 unspecified atom stereocenters. The number of ether oxygens (including phenoxy) is 1. The van der Waals surface area contributed by atoms with Gasteiger partial charge in [0.2, 0.25) is 0 Å². The minimum Gasteiger partial charge on any atom is -0.478 e. The molecule has 2 rings (SSSR count). The highest BCUT2D eigenvalue weighted by Crippen LogP contribution is 2.32. The van der Waals surface area contributed by atoms with Crippen molar-refractivity contribution in [1.29, 1.82) is 0 Å². The van der Waals surface area contributed by atoms with Crippen molar-refractivity contribution in [3.8, 4) is 0 Å². The van der Waals surface area contributed by atoms with E-state index in [1.165, 1.54) is 0 Å². The molecule has 0 bridgehead atoms. The minimum absolute atomic E-state index is 0.192. The number of carboxylic acid groups (broad SMARTS) is 1. The lowest BCUT2D eigenvalue weighted by Crippen LogP contribution is -2.36. The lowest BCUT2D eigenvalue weighted by atomic mass is 9.85. The SMILES string of the molecule is CC(C)(C)OC(=O)NC1CCCc2c(C(=O)O)cccc21. The maximum absolute atomic E-state index is 11.9. The highest BCUT2D eigenvalue weighted by Gasteiger charge is 2.27. The number of hydrogen-bond donors (Lipinski definition) is 2. The molecule has 0 fully saturated rings. The van der Waals surface area contributed by atoms with Gasteiger partial charge in [-0.25, -0.2) is 9.59 Å². The zero-order chi connectivity index (χ0) is 15.6. The molecule has 1 aromatic carbocycles. The van der Waals surface area contributed by atoms with Crippen molar-refractivity contribution >= 4 is 12.1 Å². The molecule has 5 heteroatoms. The van der Waals surface area contributed by atoms with E-state index in [1.54, 1.807) is 12.1 Å². The van der Waals surface area contributed by atoms with Crippen LogP contribution in [0.5, 0.6) is 0 Å². The minimum atomic E-state index is -0.926. The Balaban J connectivity index is 2.21. The summed E-state index contributed by atoms with van der Waals surface area (Å²) in [5, 5.41) is 12.1. The van der Waals surface area contributed by atoms with Crippen LogP contribution < -0.4 is 5.32 Å². The first kappa shape index (κ1) is 15.4. The van der Waals surface area contributed by atoms with Crippen molar-refractivity contribution in [2.45, 2.75) is 51.7 Å². The second-order valence-corrected chi connectivity index (χ2v) is 6.27. The number of fused-ring (bicyclic) bond motifs is 1. The first-order valence-electron chi connectivity index (χ1n) is 7.12. The van der Waals surface area contributed by atoms with Gasteiger partial charge in [-0.3, -0.25) is 0 Å². The van der Waals surface area contributed by atoms with Gasteiger partial charge in [-0.15, -0.1) is 0 Å². The van der Waals surface area contributed by atoms with Gasteiger partial charge < -0.3 is 15.2 Å². The second kappa shape index (κ2) is 5.76. The van der Waals surface area contributed by atoms with Crippen LogP contribution in [0, 0.1) is 0 Å². The Morgan fingerprint density at radius 1 is 1.33 bits per heavy atom. The number of carboxylic acids is 1. The molecule has 1 atom stereocenters. The highest BCUT2D eigenvalue weighted by atomic mass is 16.6. The average molecular weight is 291 g/mol. The molecule has 0 radical (unpaired) electrons. The van der Waals surface area contributed by atoms with Crippen molar-refractivity contribution in [2.24, 2.45) is 0 Å². The van der Waals surface area contributed by atoms with Crippen molar-refractivity contribution < 1.29 is 19.4 Å². The molecule has 0 saturated heterocycles. The van der Waals surface area contributed by atoms with E-state index in [1.807, 2.05) is 26.8 Å². The van der Waals surface area contributed by atoms with Crippen molar-refractivity contribution in [3.05, 3.63) is 34.9 Å². The van der Waals surface area contributed by atoms with Crippen LogP contribution in [0.2, 0.25) is 0 Å². The van der Waals surface area contributed by atoms with Crippen LogP contribution in [0.4, 0.5) is 4.79 Å². The molecule has 1 aromatic rings. The average Bonchev–Trinajstić information content (AvgIpc) is 2.36. The maximum atomic E-state index is 11.9. The molecule has 0 spiro atoms. The third kappa shape index (κ3) is 3.74. The Hall–Kier alpha value is -2.04. The number of amides is 1. The summed E-state index contributed by atoms with van der Waals surface area (Å²) in [4.78, 5) is 23.2. The molecule has 21 heavy (non-hydrogen) atoms. The molecule has 1 amide bonds. The number of benzene rings is 1. The predicted molar refractivity (Wildman–Crippen MR) is 78.5 cm³/mol. The molecular weight excluding hydrogens is 270 g/mol. The fraction of sp³-hybridized carbons (Fsp3) is 0.500. The largest absolute Gasteiger partial charge is 0.478 e. The van der Waals surface area contributed by atoms with Gasteiger partial charge >= 0.3 is 12.1 Å². The van der Waals surface area contributed by atoms with Gasteiger partial charge in [0, 0.05) is 0 Å². The number of nitrogens with one attached hydrogen (secondary N) is 1. The van der Waals surface area contributed by atoms with Gasteiger partial charge in [0.1, 0.15) is 5.60 Å². The predicted octanol–water partition coefficient (Wildman–Crippen LogP) is 3.29. The number of rotatable bonds is 2. The second-order valence-electron chi connectivity index (χ2n) is 6.27. The molecule has 0 saturated carbocycles. The van der Waals surface area contributed by atoms with E-state index in [9.17, 15) is 14.7 Å². The van der Waals surface area contributed by atoms with E-state index < -0.39 is 17.7 Å². The molecule has 5 nitrogen and oxygen atoms in total. The fourth-order valence-corrected chi connectivity index (χ4v) is 2.65. The van der Waals surface area contributed by atoms with Crippen molar-refractivity contribution in [2.75, 3.05) is 0 Å². The molecule has 1 aliphatic rings. The van der Waals surface area contributed by atoms with Crippen LogP contribution in [0.1, 0.15) is 61.1 Å². The lowest BCUT2D eigenvalue weighted by Gasteiger charge is -2.28. The molecule has 0 aromatic heterocycles. The molecule has 0 heterocycles. The van der Waals surface area contributed by atoms with Crippen LogP contribution in [0.15, 0.2) is 18.2 Å². The normalized spacial score (nSPS) is 17.8. The zero-order valence-corrected chi connectivity index (χ0v) is 12.6. The van der Waals surface area contributed by atoms with E-state index in [2.05, 4.69) is 5.32 Å². The lowest BCUT2D eigenvalue weighted by molar-refractivity contribution is 0.0498. The van der Waals surface area contributed by atoms with E-state index in [4.69, 9.17) is 4.74 Å². The zero-order valence-electron chi connectivity index (χ0n) is 12.6. The molecule has 1 aliphatic carbocycles. The van der Waals surface area contributed by atoms with Gasteiger partial charge in [-0.2, -0.15) is 0 Å². The number of hydrogen-bond acceptors (Lipinski definition) is 3. The molecule has 0 aliphatic heterocycles.